The van der Waals surface area contributed by atoms with Crippen molar-refractivity contribution in [1.29, 1.82) is 0 Å². The van der Waals surface area contributed by atoms with E-state index in [0.717, 1.165) is 22.6 Å². The Morgan fingerprint density at radius 1 is 0.773 bits per heavy atom. The highest BCUT2D eigenvalue weighted by molar-refractivity contribution is 6.74. The van der Waals surface area contributed by atoms with E-state index in [4.69, 9.17) is 23.1 Å². The molecule has 4 atom stereocenters. The summed E-state index contributed by atoms with van der Waals surface area (Å²) < 4.78 is 30.3. The molecule has 0 saturated heterocycles. The van der Waals surface area contributed by atoms with Crippen LogP contribution in [0.1, 0.15) is 77.0 Å². The minimum absolute atomic E-state index is 0.105. The molecule has 0 spiro atoms. The molecule has 0 amide bonds. The van der Waals surface area contributed by atoms with Crippen molar-refractivity contribution >= 4 is 8.32 Å². The Morgan fingerprint density at radius 2 is 1.39 bits per heavy atom. The van der Waals surface area contributed by atoms with Crippen LogP contribution in [0.3, 0.4) is 0 Å². The highest BCUT2D eigenvalue weighted by atomic mass is 28.4. The lowest BCUT2D eigenvalue weighted by Crippen LogP contribution is -2.40. The molecular formula is C36H54O7Si. The van der Waals surface area contributed by atoms with Gasteiger partial charge in [0.25, 0.3) is 0 Å². The van der Waals surface area contributed by atoms with E-state index < -0.39 is 32.0 Å². The smallest absolute Gasteiger partial charge is 0.192 e. The van der Waals surface area contributed by atoms with E-state index in [2.05, 4.69) is 33.9 Å². The normalized spacial score (nSPS) is 15.5. The van der Waals surface area contributed by atoms with Gasteiger partial charge in [-0.1, -0.05) is 77.1 Å². The van der Waals surface area contributed by atoms with Gasteiger partial charge in [-0.15, -0.1) is 0 Å². The minimum atomic E-state index is -1.92. The van der Waals surface area contributed by atoms with Crippen LogP contribution >= 0.6 is 0 Å². The molecule has 0 radical (unpaired) electrons. The van der Waals surface area contributed by atoms with Crippen molar-refractivity contribution in [3.05, 3.63) is 89.4 Å². The third-order valence-corrected chi connectivity index (χ3v) is 13.5. The van der Waals surface area contributed by atoms with Crippen molar-refractivity contribution in [2.75, 3.05) is 7.11 Å². The van der Waals surface area contributed by atoms with E-state index in [1.54, 1.807) is 7.11 Å². The first kappa shape index (κ1) is 36.0. The van der Waals surface area contributed by atoms with Crippen molar-refractivity contribution in [3.63, 3.8) is 0 Å². The second kappa shape index (κ2) is 15.7. The van der Waals surface area contributed by atoms with Gasteiger partial charge in [-0.2, -0.15) is 0 Å². The van der Waals surface area contributed by atoms with Crippen LogP contribution < -0.4 is 4.74 Å². The molecule has 44 heavy (non-hydrogen) atoms. The van der Waals surface area contributed by atoms with Gasteiger partial charge in [-0.3, -0.25) is 0 Å². The van der Waals surface area contributed by atoms with Gasteiger partial charge < -0.3 is 33.3 Å². The fraction of sp³-hybridized carbons (Fsp3) is 0.556. The van der Waals surface area contributed by atoms with E-state index >= 15 is 0 Å². The summed E-state index contributed by atoms with van der Waals surface area (Å²) in [5.74, 6) is 2.18. The second-order valence-electron chi connectivity index (χ2n) is 13.9. The lowest BCUT2D eigenvalue weighted by molar-refractivity contribution is -0.0976. The van der Waals surface area contributed by atoms with E-state index in [-0.39, 0.29) is 17.6 Å². The Bertz CT molecular complexity index is 1250. The largest absolute Gasteiger partial charge is 0.497 e. The molecule has 0 bridgehead atoms. The van der Waals surface area contributed by atoms with Crippen LogP contribution in [0, 0.1) is 0 Å². The number of furan rings is 1. The van der Waals surface area contributed by atoms with Gasteiger partial charge in [0.05, 0.1) is 51.3 Å². The van der Waals surface area contributed by atoms with Crippen molar-refractivity contribution in [3.8, 4) is 5.75 Å². The number of hydrogen-bond donors (Lipinski definition) is 2. The highest BCUT2D eigenvalue weighted by Crippen LogP contribution is 2.38. The zero-order valence-electron chi connectivity index (χ0n) is 28.1. The van der Waals surface area contributed by atoms with Gasteiger partial charge in [0.2, 0.25) is 0 Å². The van der Waals surface area contributed by atoms with Gasteiger partial charge >= 0.3 is 0 Å². The third kappa shape index (κ3) is 10.3. The van der Waals surface area contributed by atoms with Crippen LogP contribution in [0.5, 0.6) is 5.75 Å². The first-order valence-corrected chi connectivity index (χ1v) is 18.5. The molecule has 1 aromatic heterocycles. The lowest BCUT2D eigenvalue weighted by atomic mass is 9.80. The number of aliphatic hydroxyl groups excluding tert-OH is 2. The van der Waals surface area contributed by atoms with Crippen LogP contribution in [-0.2, 0) is 39.1 Å². The Hall–Kier alpha value is -2.46. The summed E-state index contributed by atoms with van der Waals surface area (Å²) in [6, 6.07) is 21.5. The van der Waals surface area contributed by atoms with Crippen LogP contribution in [0.2, 0.25) is 18.1 Å². The molecule has 0 aliphatic heterocycles. The summed E-state index contributed by atoms with van der Waals surface area (Å²) in [5.41, 5.74) is 1.34. The average Bonchev–Trinajstić information content (AvgIpc) is 3.47. The third-order valence-electron chi connectivity index (χ3n) is 9.01. The first-order valence-electron chi connectivity index (χ1n) is 15.6. The number of rotatable bonds is 17. The summed E-state index contributed by atoms with van der Waals surface area (Å²) in [7, 11) is -0.283. The molecule has 3 rings (SSSR count). The zero-order chi connectivity index (χ0) is 32.5. The maximum atomic E-state index is 11.3. The van der Waals surface area contributed by atoms with E-state index in [1.807, 2.05) is 87.5 Å². The summed E-state index contributed by atoms with van der Waals surface area (Å²) in [6.45, 7) is 18.1. The van der Waals surface area contributed by atoms with Gasteiger partial charge in [-0.25, -0.2) is 0 Å². The van der Waals surface area contributed by atoms with Crippen molar-refractivity contribution in [1.82, 2.24) is 0 Å². The number of methoxy groups -OCH3 is 1. The standard InChI is InChI=1S/C36H54O7Si/c1-26(40-23-27-13-11-10-12-14-27)32(41-24-28-15-17-30(39-7)18-16-28)21-29(37)22-33(38)36(5,6)34-20-19-31(43-34)25-42-44(8,9)35(2,3)4/h10-20,26,29,32-33,37-38H,21-25H2,1-9H3/t26-,29+,32-,33-/m0/s1. The van der Waals surface area contributed by atoms with Gasteiger partial charge in [0.1, 0.15) is 17.3 Å². The van der Waals surface area contributed by atoms with Gasteiger partial charge in [0, 0.05) is 18.3 Å². The molecule has 7 nitrogen and oxygen atoms in total. The molecule has 2 N–H and O–H groups in total. The quantitative estimate of drug-likeness (QED) is 0.148. The summed E-state index contributed by atoms with van der Waals surface area (Å²) in [5, 5.41) is 22.6. The topological polar surface area (TPSA) is 90.5 Å². The summed E-state index contributed by atoms with van der Waals surface area (Å²) >= 11 is 0. The average molecular weight is 627 g/mol. The fourth-order valence-corrected chi connectivity index (χ4v) is 5.52. The number of benzene rings is 2. The molecule has 3 aromatic rings. The zero-order valence-corrected chi connectivity index (χ0v) is 29.1. The minimum Gasteiger partial charge on any atom is -0.497 e. The molecule has 0 fully saturated rings. The molecule has 0 saturated carbocycles. The fourth-order valence-electron chi connectivity index (χ4n) is 4.58. The molecule has 1 heterocycles. The molecular weight excluding hydrogens is 572 g/mol. The number of hydrogen-bond acceptors (Lipinski definition) is 7. The Labute approximate surface area is 265 Å². The highest BCUT2D eigenvalue weighted by Gasteiger charge is 2.38. The van der Waals surface area contributed by atoms with Crippen LogP contribution in [-0.4, -0.2) is 50.1 Å². The Kier molecular flexibility index (Phi) is 12.8. The number of ether oxygens (including phenoxy) is 3. The van der Waals surface area contributed by atoms with Crippen LogP contribution in [0.25, 0.3) is 0 Å². The van der Waals surface area contributed by atoms with Gasteiger partial charge in [0.15, 0.2) is 8.32 Å². The van der Waals surface area contributed by atoms with Crippen molar-refractivity contribution < 1.29 is 33.3 Å². The first-order chi connectivity index (χ1) is 20.6. The molecule has 0 aliphatic rings. The van der Waals surface area contributed by atoms with Crippen LogP contribution in [0.15, 0.2) is 71.1 Å². The SMILES string of the molecule is COc1ccc(CO[C@@H](C[C@@H](O)C[C@H](O)C(C)(C)c2ccc(CO[Si](C)(C)C(C)(C)C)o2)[C@H](C)OCc2ccccc2)cc1. The summed E-state index contributed by atoms with van der Waals surface area (Å²) in [4.78, 5) is 0. The molecule has 2 aromatic carbocycles. The Balaban J connectivity index is 1.63. The van der Waals surface area contributed by atoms with Crippen LogP contribution in [0.4, 0.5) is 0 Å². The number of aliphatic hydroxyl groups is 2. The van der Waals surface area contributed by atoms with E-state index in [1.165, 1.54) is 0 Å². The van der Waals surface area contributed by atoms with Crippen molar-refractivity contribution in [2.45, 2.75) is 122 Å². The maximum Gasteiger partial charge on any atom is 0.192 e. The van der Waals surface area contributed by atoms with Gasteiger partial charge in [-0.05, 0) is 60.4 Å². The predicted octanol–water partition coefficient (Wildman–Crippen LogP) is 7.78. The predicted molar refractivity (Wildman–Crippen MR) is 177 cm³/mol. The lowest BCUT2D eigenvalue weighted by Gasteiger charge is -2.35. The maximum absolute atomic E-state index is 11.3. The van der Waals surface area contributed by atoms with Crippen molar-refractivity contribution in [2.24, 2.45) is 0 Å². The summed E-state index contributed by atoms with van der Waals surface area (Å²) in [6.07, 6.45) is -1.87. The second-order valence-corrected chi connectivity index (χ2v) is 18.7. The molecule has 244 valence electrons. The van der Waals surface area contributed by atoms with E-state index in [9.17, 15) is 10.2 Å². The molecule has 0 aliphatic carbocycles. The monoisotopic (exact) mass is 626 g/mol. The Morgan fingerprint density at radius 3 is 2.00 bits per heavy atom. The molecule has 8 heteroatoms. The molecule has 0 unspecified atom stereocenters. The van der Waals surface area contributed by atoms with E-state index in [0.29, 0.717) is 32.0 Å².